The van der Waals surface area contributed by atoms with E-state index in [-0.39, 0.29) is 12.4 Å². The molecular formula is C37H44F3N3O3. The lowest BCUT2D eigenvalue weighted by molar-refractivity contribution is -0.272. The van der Waals surface area contributed by atoms with Gasteiger partial charge in [0.05, 0.1) is 31.0 Å². The molecule has 2 aromatic carbocycles. The summed E-state index contributed by atoms with van der Waals surface area (Å²) in [5.74, 6) is 4.10. The van der Waals surface area contributed by atoms with Gasteiger partial charge in [0.1, 0.15) is 18.1 Å². The molecule has 6 nitrogen and oxygen atoms in total. The summed E-state index contributed by atoms with van der Waals surface area (Å²) in [4.78, 5) is 0. The van der Waals surface area contributed by atoms with Crippen molar-refractivity contribution in [1.82, 2.24) is 15.0 Å². The molecule has 4 fully saturated rings. The van der Waals surface area contributed by atoms with Crippen LogP contribution in [0, 0.1) is 35.0 Å². The molecule has 5 aliphatic rings. The topological polar surface area (TPSA) is 58.4 Å². The molecule has 2 saturated carbocycles. The Morgan fingerprint density at radius 1 is 1.04 bits per heavy atom. The van der Waals surface area contributed by atoms with E-state index in [2.05, 4.69) is 49.3 Å². The van der Waals surface area contributed by atoms with Crippen molar-refractivity contribution in [2.75, 3.05) is 6.61 Å². The molecule has 9 atom stereocenters. The van der Waals surface area contributed by atoms with Crippen LogP contribution >= 0.6 is 0 Å². The fraction of sp³-hybridized carbons (Fsp3) is 0.622. The van der Waals surface area contributed by atoms with Gasteiger partial charge in [0.15, 0.2) is 5.79 Å². The van der Waals surface area contributed by atoms with Crippen LogP contribution < -0.4 is 4.74 Å². The molecule has 0 radical (unpaired) electrons. The first kappa shape index (κ1) is 30.4. The van der Waals surface area contributed by atoms with Gasteiger partial charge < -0.3 is 14.2 Å². The minimum Gasteiger partial charge on any atom is -0.487 e. The molecule has 3 heterocycles. The summed E-state index contributed by atoms with van der Waals surface area (Å²) in [5.41, 5.74) is 3.95. The lowest BCUT2D eigenvalue weighted by atomic mass is 9.53. The molecule has 2 aliphatic heterocycles. The molecule has 9 heteroatoms. The maximum Gasteiger partial charge on any atom is 0.416 e. The lowest BCUT2D eigenvalue weighted by Gasteiger charge is -2.52. The molecular weight excluding hydrogens is 591 g/mol. The number of hydrogen-bond donors (Lipinski definition) is 0. The van der Waals surface area contributed by atoms with Crippen molar-refractivity contribution >= 4 is 0 Å². The molecule has 1 aromatic heterocycles. The quantitative estimate of drug-likeness (QED) is 0.283. The van der Waals surface area contributed by atoms with Crippen LogP contribution in [0.1, 0.15) is 93.2 Å². The van der Waals surface area contributed by atoms with Crippen LogP contribution in [-0.4, -0.2) is 33.5 Å². The van der Waals surface area contributed by atoms with Gasteiger partial charge in [0.2, 0.25) is 0 Å². The Balaban J connectivity index is 0.904. The molecule has 2 saturated heterocycles. The van der Waals surface area contributed by atoms with E-state index in [0.29, 0.717) is 59.3 Å². The van der Waals surface area contributed by atoms with Crippen molar-refractivity contribution in [3.05, 3.63) is 76.6 Å². The minimum atomic E-state index is -4.34. The van der Waals surface area contributed by atoms with Gasteiger partial charge in [-0.05, 0) is 114 Å². The zero-order chi connectivity index (χ0) is 31.8. The second-order valence-corrected chi connectivity index (χ2v) is 15.2. The van der Waals surface area contributed by atoms with Crippen LogP contribution in [0.25, 0.3) is 0 Å². The summed E-state index contributed by atoms with van der Waals surface area (Å²) in [6.07, 6.45) is 5.93. The molecule has 3 aliphatic carbocycles. The van der Waals surface area contributed by atoms with E-state index in [9.17, 15) is 13.2 Å². The van der Waals surface area contributed by atoms with E-state index in [0.717, 1.165) is 42.9 Å². The maximum atomic E-state index is 12.9. The van der Waals surface area contributed by atoms with Gasteiger partial charge in [-0.3, -0.25) is 0 Å². The fourth-order valence-corrected chi connectivity index (χ4v) is 10.3. The summed E-state index contributed by atoms with van der Waals surface area (Å²) >= 11 is 0. The number of aryl methyl sites for hydroxylation is 1. The van der Waals surface area contributed by atoms with E-state index in [1.54, 1.807) is 10.9 Å². The Bertz CT molecular complexity index is 1580. The van der Waals surface area contributed by atoms with Crippen LogP contribution in [0.15, 0.2) is 48.7 Å². The van der Waals surface area contributed by atoms with Crippen LogP contribution in [0.4, 0.5) is 13.2 Å². The largest absolute Gasteiger partial charge is 0.487 e. The summed E-state index contributed by atoms with van der Waals surface area (Å²) in [7, 11) is 0. The Morgan fingerprint density at radius 2 is 1.87 bits per heavy atom. The number of hydrogen-bond acceptors (Lipinski definition) is 5. The van der Waals surface area contributed by atoms with Crippen molar-refractivity contribution in [1.29, 1.82) is 0 Å². The first-order valence-corrected chi connectivity index (χ1v) is 17.1. The lowest BCUT2D eigenvalue weighted by Crippen LogP contribution is -2.48. The number of alkyl halides is 3. The van der Waals surface area contributed by atoms with Crippen LogP contribution in [0.3, 0.4) is 0 Å². The minimum absolute atomic E-state index is 0.281. The molecule has 0 N–H and O–H groups in total. The van der Waals surface area contributed by atoms with E-state index in [4.69, 9.17) is 14.2 Å². The van der Waals surface area contributed by atoms with E-state index >= 15 is 0 Å². The normalized spacial score (nSPS) is 36.6. The van der Waals surface area contributed by atoms with Crippen molar-refractivity contribution in [2.45, 2.75) is 103 Å². The maximum absolute atomic E-state index is 12.9. The highest BCUT2D eigenvalue weighted by Gasteiger charge is 2.67. The summed E-state index contributed by atoms with van der Waals surface area (Å²) in [6.45, 7) is 8.72. The van der Waals surface area contributed by atoms with Crippen LogP contribution in [0.5, 0.6) is 5.75 Å². The van der Waals surface area contributed by atoms with Crippen molar-refractivity contribution < 1.29 is 27.4 Å². The molecule has 1 spiro atoms. The highest BCUT2D eigenvalue weighted by Crippen LogP contribution is 2.69. The number of halogens is 3. The first-order chi connectivity index (χ1) is 22.0. The van der Waals surface area contributed by atoms with Gasteiger partial charge in [-0.25, -0.2) is 4.68 Å². The van der Waals surface area contributed by atoms with Crippen molar-refractivity contribution in [2.24, 2.45) is 35.0 Å². The molecule has 246 valence electrons. The number of nitrogens with zero attached hydrogens (tertiary/aromatic N) is 3. The van der Waals surface area contributed by atoms with Crippen molar-refractivity contribution in [3.8, 4) is 5.75 Å². The molecule has 46 heavy (non-hydrogen) atoms. The van der Waals surface area contributed by atoms with E-state index < -0.39 is 11.7 Å². The molecule has 8 rings (SSSR count). The third kappa shape index (κ3) is 5.07. The molecule has 0 amide bonds. The molecule has 3 aromatic rings. The van der Waals surface area contributed by atoms with Crippen LogP contribution in [-0.2, 0) is 35.2 Å². The second-order valence-electron chi connectivity index (χ2n) is 15.2. The summed E-state index contributed by atoms with van der Waals surface area (Å²) in [5, 5.41) is 8.36. The van der Waals surface area contributed by atoms with Gasteiger partial charge in [0, 0.05) is 12.3 Å². The Hall–Kier alpha value is -2.91. The third-order valence-corrected chi connectivity index (χ3v) is 12.6. The van der Waals surface area contributed by atoms with Gasteiger partial charge >= 0.3 is 6.18 Å². The molecule has 0 bridgehead atoms. The standard InChI is InChI=1S/C37H44F3N3O3/c1-22-12-15-36(45-20-22)23(2)34-33(46-36)17-32-31-10-6-25-16-28(9-11-29(25)30(31)13-14-35(32,34)3)44-21-27-19-43(42-41-27)18-24-4-7-26(8-5-24)37(38,39)40/h4-5,7-9,11,16,19,22-23,30-34H,6,10,12-15,17-18,20-21H2,1-3H3/t22-,23+,30-,31-,32+,33+,34+,35+,36-/m1/s1. The predicted octanol–water partition coefficient (Wildman–Crippen LogP) is 8.18. The van der Waals surface area contributed by atoms with Gasteiger partial charge in [-0.2, -0.15) is 13.2 Å². The monoisotopic (exact) mass is 635 g/mol. The van der Waals surface area contributed by atoms with E-state index in [1.807, 2.05) is 0 Å². The third-order valence-electron chi connectivity index (χ3n) is 12.6. The Kier molecular flexibility index (Phi) is 7.33. The predicted molar refractivity (Wildman–Crippen MR) is 166 cm³/mol. The number of fused-ring (bicyclic) bond motifs is 7. The fourth-order valence-electron chi connectivity index (χ4n) is 10.3. The van der Waals surface area contributed by atoms with E-state index in [1.165, 1.54) is 55.4 Å². The second kappa shape index (κ2) is 11.1. The Morgan fingerprint density at radius 3 is 2.63 bits per heavy atom. The van der Waals surface area contributed by atoms with Crippen LogP contribution in [0.2, 0.25) is 0 Å². The van der Waals surface area contributed by atoms with Crippen molar-refractivity contribution in [3.63, 3.8) is 0 Å². The van der Waals surface area contributed by atoms with Gasteiger partial charge in [0.25, 0.3) is 0 Å². The highest BCUT2D eigenvalue weighted by molar-refractivity contribution is 5.41. The summed E-state index contributed by atoms with van der Waals surface area (Å²) in [6, 6.07) is 11.7. The average molecular weight is 636 g/mol. The SMILES string of the molecule is C[C@@H]1CC[C@@]2(OC1)O[C@H]1C[C@H]3[C@@H]4CCc5cc(OCc6cn(Cc7ccc(C(F)(F)F)cc7)nn6)ccc5[C@H]4CC[C@]3(C)[C@H]1[C@@H]2C. The smallest absolute Gasteiger partial charge is 0.416 e. The number of ether oxygens (including phenoxy) is 3. The highest BCUT2D eigenvalue weighted by atomic mass is 19.4. The Labute approximate surface area is 269 Å². The molecule has 0 unspecified atom stereocenters. The average Bonchev–Trinajstić information content (AvgIpc) is 3.69. The van der Waals surface area contributed by atoms with Gasteiger partial charge in [-0.15, -0.1) is 5.10 Å². The summed E-state index contributed by atoms with van der Waals surface area (Å²) < 4.78 is 59.8. The number of benzene rings is 2. The zero-order valence-electron chi connectivity index (χ0n) is 26.9. The number of rotatable bonds is 5. The first-order valence-electron chi connectivity index (χ1n) is 17.1. The van der Waals surface area contributed by atoms with Gasteiger partial charge in [-0.1, -0.05) is 44.2 Å². The zero-order valence-corrected chi connectivity index (χ0v) is 26.9. The number of aromatic nitrogens is 3.